The molecular weight excluding hydrogens is 362 g/mol. The number of carbonyl (C=O) groups is 1. The highest BCUT2D eigenvalue weighted by atomic mass is 32.2. The van der Waals surface area contributed by atoms with Gasteiger partial charge in [0, 0.05) is 5.69 Å². The van der Waals surface area contributed by atoms with Gasteiger partial charge in [-0.2, -0.15) is 0 Å². The maximum Gasteiger partial charge on any atom is 0.316 e. The highest BCUT2D eigenvalue weighted by Crippen LogP contribution is 2.26. The van der Waals surface area contributed by atoms with Crippen LogP contribution in [0.25, 0.3) is 5.69 Å². The van der Waals surface area contributed by atoms with Gasteiger partial charge in [0.2, 0.25) is 0 Å². The second kappa shape index (κ2) is 8.73. The van der Waals surface area contributed by atoms with E-state index in [-0.39, 0.29) is 18.3 Å². The first kappa shape index (κ1) is 19.0. The van der Waals surface area contributed by atoms with E-state index in [0.717, 1.165) is 22.6 Å². The maximum absolute atomic E-state index is 11.5. The third-order valence-electron chi connectivity index (χ3n) is 4.02. The normalized spacial score (nSPS) is 10.6. The number of rotatable bonds is 7. The molecule has 0 saturated carbocycles. The summed E-state index contributed by atoms with van der Waals surface area (Å²) in [4.78, 5) is 11.5. The minimum Gasteiger partial charge on any atom is -0.485 e. The Bertz CT molecular complexity index is 905. The van der Waals surface area contributed by atoms with Gasteiger partial charge in [-0.15, -0.1) is 10.2 Å². The first-order valence-corrected chi connectivity index (χ1v) is 9.47. The van der Waals surface area contributed by atoms with Crippen LogP contribution in [-0.4, -0.2) is 33.6 Å². The molecule has 0 N–H and O–H groups in total. The van der Waals surface area contributed by atoms with E-state index in [0.29, 0.717) is 11.0 Å². The number of thioether (sulfide) groups is 1. The molecule has 0 atom stereocenters. The average molecular weight is 383 g/mol. The monoisotopic (exact) mass is 383 g/mol. The molecule has 0 radical (unpaired) electrons. The largest absolute Gasteiger partial charge is 0.485 e. The Morgan fingerprint density at radius 2 is 1.74 bits per heavy atom. The molecule has 3 aromatic rings. The van der Waals surface area contributed by atoms with Gasteiger partial charge in [0.25, 0.3) is 0 Å². The molecule has 1 heterocycles. The van der Waals surface area contributed by atoms with Crippen LogP contribution >= 0.6 is 11.8 Å². The molecule has 0 fully saturated rings. The first-order valence-electron chi connectivity index (χ1n) is 8.48. The van der Waals surface area contributed by atoms with Crippen LogP contribution in [0.5, 0.6) is 5.75 Å². The molecular formula is C20H21N3O3S. The molecule has 3 rings (SSSR count). The Hall–Kier alpha value is -2.80. The molecule has 6 nitrogen and oxygen atoms in total. The van der Waals surface area contributed by atoms with Crippen LogP contribution in [0.4, 0.5) is 0 Å². The quantitative estimate of drug-likeness (QED) is 0.457. The number of hydrogen-bond acceptors (Lipinski definition) is 6. The lowest BCUT2D eigenvalue weighted by molar-refractivity contribution is -0.137. The van der Waals surface area contributed by atoms with Crippen molar-refractivity contribution in [2.45, 2.75) is 25.6 Å². The summed E-state index contributed by atoms with van der Waals surface area (Å²) in [5.74, 6) is 1.37. The Morgan fingerprint density at radius 3 is 2.41 bits per heavy atom. The Balaban J connectivity index is 1.88. The van der Waals surface area contributed by atoms with E-state index in [1.807, 2.05) is 66.9 Å². The minimum atomic E-state index is -0.309. The Labute approximate surface area is 162 Å². The number of aryl methyl sites for hydroxylation is 2. The molecule has 0 aliphatic heterocycles. The number of hydrogen-bond donors (Lipinski definition) is 0. The zero-order valence-electron chi connectivity index (χ0n) is 15.5. The predicted molar refractivity (Wildman–Crippen MR) is 104 cm³/mol. The summed E-state index contributed by atoms with van der Waals surface area (Å²) in [6.45, 7) is 4.30. The lowest BCUT2D eigenvalue weighted by atomic mass is 10.1. The van der Waals surface area contributed by atoms with E-state index in [1.165, 1.54) is 18.9 Å². The zero-order chi connectivity index (χ0) is 19.2. The summed E-state index contributed by atoms with van der Waals surface area (Å²) < 4.78 is 12.7. The summed E-state index contributed by atoms with van der Waals surface area (Å²) in [6, 6.07) is 15.8. The van der Waals surface area contributed by atoms with E-state index in [9.17, 15) is 4.79 Å². The molecule has 7 heteroatoms. The number of methoxy groups -OCH3 is 1. The Kier molecular flexibility index (Phi) is 6.13. The molecule has 0 bridgehead atoms. The lowest BCUT2D eigenvalue weighted by Gasteiger charge is -2.13. The molecule has 0 aliphatic carbocycles. The second-order valence-corrected chi connectivity index (χ2v) is 6.89. The molecule has 1 aromatic heterocycles. The van der Waals surface area contributed by atoms with E-state index in [2.05, 4.69) is 10.2 Å². The molecule has 0 aliphatic rings. The second-order valence-electron chi connectivity index (χ2n) is 5.94. The van der Waals surface area contributed by atoms with Crippen molar-refractivity contribution in [3.05, 3.63) is 65.5 Å². The zero-order valence-corrected chi connectivity index (χ0v) is 16.3. The van der Waals surface area contributed by atoms with Gasteiger partial charge in [0.1, 0.15) is 12.4 Å². The van der Waals surface area contributed by atoms with E-state index < -0.39 is 0 Å². The number of carbonyl (C=O) groups excluding carboxylic acids is 1. The number of benzene rings is 2. The summed E-state index contributed by atoms with van der Waals surface area (Å²) in [6.07, 6.45) is 0. The number of nitrogens with zero attached hydrogens (tertiary/aromatic N) is 3. The third kappa shape index (κ3) is 4.49. The van der Waals surface area contributed by atoms with Gasteiger partial charge in [0.15, 0.2) is 11.0 Å². The van der Waals surface area contributed by atoms with Crippen LogP contribution in [0.1, 0.15) is 17.0 Å². The fraction of sp³-hybridized carbons (Fsp3) is 0.250. The fourth-order valence-corrected chi connectivity index (χ4v) is 3.47. The third-order valence-corrected chi connectivity index (χ3v) is 4.92. The number of aromatic nitrogens is 3. The van der Waals surface area contributed by atoms with Gasteiger partial charge in [0.05, 0.1) is 12.9 Å². The van der Waals surface area contributed by atoms with Crippen molar-refractivity contribution in [3.63, 3.8) is 0 Å². The van der Waals surface area contributed by atoms with Crippen LogP contribution < -0.4 is 4.74 Å². The number of para-hydroxylation sites is 2. The topological polar surface area (TPSA) is 66.2 Å². The van der Waals surface area contributed by atoms with Crippen LogP contribution in [0.2, 0.25) is 0 Å². The van der Waals surface area contributed by atoms with Crippen LogP contribution in [0, 0.1) is 13.8 Å². The fourth-order valence-electron chi connectivity index (χ4n) is 2.67. The molecule has 27 heavy (non-hydrogen) atoms. The minimum absolute atomic E-state index is 0.166. The van der Waals surface area contributed by atoms with Crippen molar-refractivity contribution in [2.24, 2.45) is 0 Å². The van der Waals surface area contributed by atoms with Crippen molar-refractivity contribution in [3.8, 4) is 11.4 Å². The molecule has 0 amide bonds. The first-order chi connectivity index (χ1) is 13.1. The summed E-state index contributed by atoms with van der Waals surface area (Å²) in [7, 11) is 1.37. The highest BCUT2D eigenvalue weighted by molar-refractivity contribution is 7.99. The average Bonchev–Trinajstić information content (AvgIpc) is 3.09. The van der Waals surface area contributed by atoms with Gasteiger partial charge in [-0.1, -0.05) is 48.2 Å². The van der Waals surface area contributed by atoms with Gasteiger partial charge in [-0.05, 0) is 37.1 Å². The Morgan fingerprint density at radius 1 is 1.04 bits per heavy atom. The summed E-state index contributed by atoms with van der Waals surface area (Å²) in [5, 5.41) is 9.15. The van der Waals surface area contributed by atoms with Gasteiger partial charge < -0.3 is 9.47 Å². The maximum atomic E-state index is 11.5. The smallest absolute Gasteiger partial charge is 0.316 e. The molecule has 0 spiro atoms. The van der Waals surface area contributed by atoms with E-state index in [1.54, 1.807) is 0 Å². The molecule has 0 saturated heterocycles. The summed E-state index contributed by atoms with van der Waals surface area (Å²) in [5.41, 5.74) is 3.05. The lowest BCUT2D eigenvalue weighted by Crippen LogP contribution is -2.09. The molecule has 0 unspecified atom stereocenters. The van der Waals surface area contributed by atoms with Gasteiger partial charge in [-0.3, -0.25) is 9.36 Å². The van der Waals surface area contributed by atoms with Crippen molar-refractivity contribution >= 4 is 17.7 Å². The van der Waals surface area contributed by atoms with E-state index >= 15 is 0 Å². The van der Waals surface area contributed by atoms with Gasteiger partial charge >= 0.3 is 5.97 Å². The SMILES string of the molecule is COC(=O)CSc1nnc(COc2c(C)cccc2C)n1-c1ccccc1. The van der Waals surface area contributed by atoms with Crippen LogP contribution in [0.3, 0.4) is 0 Å². The van der Waals surface area contributed by atoms with Crippen molar-refractivity contribution in [1.29, 1.82) is 0 Å². The van der Waals surface area contributed by atoms with Gasteiger partial charge in [-0.25, -0.2) is 0 Å². The number of ether oxygens (including phenoxy) is 2. The van der Waals surface area contributed by atoms with Crippen LogP contribution in [0.15, 0.2) is 53.7 Å². The molecule has 2 aromatic carbocycles. The van der Waals surface area contributed by atoms with Crippen molar-refractivity contribution < 1.29 is 14.3 Å². The predicted octanol–water partition coefficient (Wildman–Crippen LogP) is 3.73. The highest BCUT2D eigenvalue weighted by Gasteiger charge is 2.17. The number of esters is 1. The van der Waals surface area contributed by atoms with Crippen molar-refractivity contribution in [2.75, 3.05) is 12.9 Å². The standard InChI is InChI=1S/C20H21N3O3S/c1-14-8-7-9-15(2)19(14)26-12-17-21-22-20(27-13-18(24)25-3)23(17)16-10-5-4-6-11-16/h4-11H,12-13H2,1-3H3. The molecule has 140 valence electrons. The van der Waals surface area contributed by atoms with Crippen LogP contribution in [-0.2, 0) is 16.1 Å². The van der Waals surface area contributed by atoms with Crippen molar-refractivity contribution in [1.82, 2.24) is 14.8 Å². The summed E-state index contributed by atoms with van der Waals surface area (Å²) >= 11 is 1.28. The van der Waals surface area contributed by atoms with E-state index in [4.69, 9.17) is 9.47 Å².